The first-order chi connectivity index (χ1) is 23.0. The molecule has 0 aromatic heterocycles. The number of methoxy groups -OCH3 is 1. The van der Waals surface area contributed by atoms with Gasteiger partial charge in [0.2, 0.25) is 5.91 Å². The van der Waals surface area contributed by atoms with Crippen LogP contribution in [0.15, 0.2) is 54.1 Å². The van der Waals surface area contributed by atoms with Gasteiger partial charge in [0.15, 0.2) is 0 Å². The molecule has 2 fully saturated rings. The number of carbonyl (C=O) groups excluding carboxylic acids is 3. The number of nitrogen functional groups attached to an aromatic ring is 1. The molecule has 3 heterocycles. The predicted molar refractivity (Wildman–Crippen MR) is 183 cm³/mol. The summed E-state index contributed by atoms with van der Waals surface area (Å²) in [4.78, 5) is 41.4. The van der Waals surface area contributed by atoms with Crippen molar-refractivity contribution in [2.75, 3.05) is 30.1 Å². The van der Waals surface area contributed by atoms with E-state index in [1.807, 2.05) is 32.1 Å². The maximum absolute atomic E-state index is 14.5. The lowest BCUT2D eigenvalue weighted by atomic mass is 9.78. The smallest absolute Gasteiger partial charge is 0.412 e. The number of nitrogens with one attached hydrogen (secondary N) is 1. The van der Waals surface area contributed by atoms with E-state index >= 15 is 0 Å². The number of nitrogens with zero attached hydrogens (tertiary/aromatic N) is 1. The van der Waals surface area contributed by atoms with Crippen molar-refractivity contribution < 1.29 is 42.8 Å². The Balaban J connectivity index is 1.53. The molecule has 264 valence electrons. The Hall–Kier alpha value is -3.97. The monoisotopic (exact) mass is 699 g/mol. The van der Waals surface area contributed by atoms with Crippen LogP contribution < -0.4 is 16.0 Å². The van der Waals surface area contributed by atoms with Crippen molar-refractivity contribution >= 4 is 46.6 Å². The van der Waals surface area contributed by atoms with Gasteiger partial charge in [-0.15, -0.1) is 0 Å². The maximum atomic E-state index is 14.5. The highest BCUT2D eigenvalue weighted by atomic mass is 35.5. The molecule has 0 radical (unpaired) electrons. The predicted octanol–water partition coefficient (Wildman–Crippen LogP) is 5.64. The average Bonchev–Trinajstić information content (AvgIpc) is 3.72. The number of hydrogen-bond donors (Lipinski definition) is 3. The number of esters is 1. The molecule has 0 saturated carbocycles. The standard InChI is InChI=1S/C36H43ClFN3O8/c1-19-8-7-9-28(46-6)36(45)17-27(47-31(43)18-36)21(3)33-35(4,49-33)29(48-34(44)40-25-11-10-23(39)15-24(25)38)16-30(42)41(5)26-14-22(12-19)13-20(2)32(26)37/h7-11,13-15,21,27-29,33,45H,12,16-18,39H2,1-6H3,(H,40,44)/b9-7+,19-8+/t21-,27+,28-,29+,33+,35+,36-/m1/s1. The van der Waals surface area contributed by atoms with Crippen molar-refractivity contribution in [1.82, 2.24) is 0 Å². The molecule has 13 heteroatoms. The third-order valence-electron chi connectivity index (χ3n) is 9.68. The number of ether oxygens (including phenoxy) is 4. The molecule has 7 atom stereocenters. The minimum Gasteiger partial charge on any atom is -0.462 e. The second-order valence-corrected chi connectivity index (χ2v) is 13.9. The summed E-state index contributed by atoms with van der Waals surface area (Å²) in [7, 11) is 3.05. The number of hydrogen-bond acceptors (Lipinski definition) is 9. The Morgan fingerprint density at radius 1 is 1.22 bits per heavy atom. The Morgan fingerprint density at radius 3 is 2.65 bits per heavy atom. The van der Waals surface area contributed by atoms with Crippen LogP contribution in [0.3, 0.4) is 0 Å². The van der Waals surface area contributed by atoms with E-state index in [2.05, 4.69) is 5.32 Å². The Kier molecular flexibility index (Phi) is 10.5. The molecule has 0 unspecified atom stereocenters. The molecule has 0 aliphatic carbocycles. The third kappa shape index (κ3) is 7.77. The van der Waals surface area contributed by atoms with Crippen LogP contribution in [-0.4, -0.2) is 72.9 Å². The quantitative estimate of drug-likeness (QED) is 0.210. The molecule has 4 N–H and O–H groups in total. The maximum Gasteiger partial charge on any atom is 0.412 e. The second-order valence-electron chi connectivity index (χ2n) is 13.5. The molecule has 2 saturated heterocycles. The number of aryl methyl sites for hydroxylation is 1. The highest BCUT2D eigenvalue weighted by Gasteiger charge is 2.64. The lowest BCUT2D eigenvalue weighted by molar-refractivity contribution is -0.187. The van der Waals surface area contributed by atoms with Crippen LogP contribution in [-0.2, 0) is 35.0 Å². The average molecular weight is 700 g/mol. The summed E-state index contributed by atoms with van der Waals surface area (Å²) in [5.41, 5.74) is 5.99. The van der Waals surface area contributed by atoms with Gasteiger partial charge >= 0.3 is 12.1 Å². The zero-order valence-electron chi connectivity index (χ0n) is 28.4. The van der Waals surface area contributed by atoms with E-state index in [4.69, 9.17) is 36.3 Å². The largest absolute Gasteiger partial charge is 0.462 e. The molecule has 2 amide bonds. The van der Waals surface area contributed by atoms with Crippen molar-refractivity contribution in [2.24, 2.45) is 5.92 Å². The lowest BCUT2D eigenvalue weighted by Crippen LogP contribution is -2.53. The molecular weight excluding hydrogens is 657 g/mol. The van der Waals surface area contributed by atoms with Crippen molar-refractivity contribution in [1.29, 1.82) is 0 Å². The van der Waals surface area contributed by atoms with Gasteiger partial charge in [0.1, 0.15) is 35.3 Å². The Labute approximate surface area is 290 Å². The van der Waals surface area contributed by atoms with Gasteiger partial charge in [-0.25, -0.2) is 9.18 Å². The van der Waals surface area contributed by atoms with Gasteiger partial charge in [-0.3, -0.25) is 14.9 Å². The fraction of sp³-hybridized carbons (Fsp3) is 0.472. The van der Waals surface area contributed by atoms with Crippen molar-refractivity contribution in [3.63, 3.8) is 0 Å². The van der Waals surface area contributed by atoms with Gasteiger partial charge in [0, 0.05) is 32.2 Å². The number of halogens is 2. The Morgan fingerprint density at radius 2 is 1.96 bits per heavy atom. The van der Waals surface area contributed by atoms with E-state index in [0.717, 1.165) is 22.8 Å². The molecule has 49 heavy (non-hydrogen) atoms. The van der Waals surface area contributed by atoms with Crippen LogP contribution in [0.1, 0.15) is 51.2 Å². The zero-order valence-corrected chi connectivity index (χ0v) is 29.2. The first-order valence-corrected chi connectivity index (χ1v) is 16.5. The highest BCUT2D eigenvalue weighted by Crippen LogP contribution is 2.49. The number of fused-ring (bicyclic) bond motifs is 5. The Bertz CT molecular complexity index is 1700. The van der Waals surface area contributed by atoms with Crippen molar-refractivity contribution in [3.8, 4) is 0 Å². The van der Waals surface area contributed by atoms with Crippen LogP contribution in [0.4, 0.5) is 26.2 Å². The van der Waals surface area contributed by atoms with Crippen molar-refractivity contribution in [3.05, 3.63) is 76.1 Å². The summed E-state index contributed by atoms with van der Waals surface area (Å²) in [6.07, 6.45) is 0.937. The number of epoxide rings is 1. The topological polar surface area (TPSA) is 153 Å². The molecule has 0 spiro atoms. The number of rotatable bonds is 3. The third-order valence-corrected chi connectivity index (χ3v) is 10.2. The first-order valence-electron chi connectivity index (χ1n) is 16.1. The number of benzene rings is 2. The van der Waals surface area contributed by atoms with Gasteiger partial charge in [0.25, 0.3) is 0 Å². The molecular formula is C36H43ClFN3O8. The minimum absolute atomic E-state index is 0.0507. The van der Waals surface area contributed by atoms with Gasteiger partial charge in [-0.1, -0.05) is 48.4 Å². The van der Waals surface area contributed by atoms with Gasteiger partial charge < -0.3 is 34.7 Å². The van der Waals surface area contributed by atoms with Crippen LogP contribution in [0.2, 0.25) is 5.02 Å². The fourth-order valence-electron chi connectivity index (χ4n) is 6.80. The van der Waals surface area contributed by atoms with E-state index in [9.17, 15) is 23.9 Å². The number of allylic oxidation sites excluding steroid dienone is 3. The fourth-order valence-corrected chi connectivity index (χ4v) is 7.03. The van der Waals surface area contributed by atoms with E-state index in [0.29, 0.717) is 17.1 Å². The molecule has 2 aromatic carbocycles. The van der Waals surface area contributed by atoms with Crippen molar-refractivity contribution in [2.45, 2.75) is 89.0 Å². The van der Waals surface area contributed by atoms with Crippen LogP contribution in [0.5, 0.6) is 0 Å². The molecule has 3 aliphatic heterocycles. The van der Waals surface area contributed by atoms with Gasteiger partial charge in [0.05, 0.1) is 35.3 Å². The van der Waals surface area contributed by atoms with E-state index in [1.165, 1.54) is 24.1 Å². The van der Waals surface area contributed by atoms with Gasteiger partial charge in [-0.05, 0) is 62.6 Å². The summed E-state index contributed by atoms with van der Waals surface area (Å²) in [5.74, 6) is -2.29. The number of anilines is 3. The summed E-state index contributed by atoms with van der Waals surface area (Å²) in [5, 5.41) is 14.5. The van der Waals surface area contributed by atoms with E-state index in [1.54, 1.807) is 33.0 Å². The van der Waals surface area contributed by atoms with Crippen LogP contribution >= 0.6 is 11.6 Å². The number of carbonyl (C=O) groups is 3. The number of nitrogens with two attached hydrogens (primary N) is 1. The highest BCUT2D eigenvalue weighted by molar-refractivity contribution is 6.34. The molecule has 4 bridgehead atoms. The second kappa shape index (κ2) is 14.1. The van der Waals surface area contributed by atoms with E-state index < -0.39 is 65.3 Å². The summed E-state index contributed by atoms with van der Waals surface area (Å²) in [6, 6.07) is 7.56. The molecule has 5 rings (SSSR count). The normalized spacial score (nSPS) is 32.3. The number of aliphatic hydroxyl groups is 1. The molecule has 2 aromatic rings. The summed E-state index contributed by atoms with van der Waals surface area (Å²) >= 11 is 6.72. The minimum atomic E-state index is -1.57. The summed E-state index contributed by atoms with van der Waals surface area (Å²) < 4.78 is 37.9. The molecule has 3 aliphatic rings. The first kappa shape index (κ1) is 36.3. The van der Waals surface area contributed by atoms with Crippen LogP contribution in [0, 0.1) is 18.7 Å². The molecule has 11 nitrogen and oxygen atoms in total. The zero-order chi connectivity index (χ0) is 35.8. The van der Waals surface area contributed by atoms with Crippen LogP contribution in [0.25, 0.3) is 0 Å². The number of amides is 2. The SMILES string of the molecule is CO[C@@H]1/C=C/C=C(\C)Cc2cc(C)c(Cl)c(c2)N(C)C(=O)C[C@H](OC(=O)Nc2ccc(N)cc2F)[C@]2(C)O[C@H]2[C@H](C)[C@@H]2C[C@@]1(O)CC(=O)O2. The van der Waals surface area contributed by atoms with E-state index in [-0.39, 0.29) is 30.6 Å². The summed E-state index contributed by atoms with van der Waals surface area (Å²) in [6.45, 7) is 7.29. The van der Waals surface area contributed by atoms with Gasteiger partial charge in [-0.2, -0.15) is 0 Å². The lowest BCUT2D eigenvalue weighted by Gasteiger charge is -2.41.